The number of urea groups is 1. The Morgan fingerprint density at radius 2 is 1.50 bits per heavy atom. The number of hydrogen-bond donors (Lipinski definition) is 1. The Bertz CT molecular complexity index is 365. The Labute approximate surface area is 123 Å². The topological polar surface area (TPSA) is 46.3 Å². The van der Waals surface area contributed by atoms with Crippen molar-refractivity contribution in [1.82, 2.24) is 0 Å². The summed E-state index contributed by atoms with van der Waals surface area (Å²) in [4.78, 5) is 13.1. The Morgan fingerprint density at radius 1 is 0.950 bits per heavy atom. The van der Waals surface area contributed by atoms with Crippen LogP contribution in [-0.2, 0) is 0 Å². The lowest BCUT2D eigenvalue weighted by Gasteiger charge is -2.20. The molecular weight excluding hydrogens is 248 g/mol. The number of amides is 2. The number of anilines is 1. The first-order valence-electron chi connectivity index (χ1n) is 7.87. The highest BCUT2D eigenvalue weighted by molar-refractivity contribution is 5.90. The minimum Gasteiger partial charge on any atom is -0.351 e. The maximum atomic E-state index is 11.5. The summed E-state index contributed by atoms with van der Waals surface area (Å²) < 4.78 is 0. The van der Waals surface area contributed by atoms with Crippen LogP contribution in [-0.4, -0.2) is 12.6 Å². The molecule has 1 rings (SSSR count). The van der Waals surface area contributed by atoms with E-state index in [0.717, 1.165) is 12.1 Å². The lowest BCUT2D eigenvalue weighted by molar-refractivity contribution is 0.253. The zero-order chi connectivity index (χ0) is 14.6. The number of para-hydroxylation sites is 1. The minimum atomic E-state index is -0.362. The highest BCUT2D eigenvalue weighted by atomic mass is 16.2. The van der Waals surface area contributed by atoms with Gasteiger partial charge in [-0.2, -0.15) is 0 Å². The summed E-state index contributed by atoms with van der Waals surface area (Å²) in [5, 5.41) is 0. The molecule has 0 fully saturated rings. The van der Waals surface area contributed by atoms with Gasteiger partial charge in [-0.15, -0.1) is 0 Å². The predicted molar refractivity (Wildman–Crippen MR) is 86.0 cm³/mol. The van der Waals surface area contributed by atoms with Crippen molar-refractivity contribution in [2.45, 2.75) is 58.3 Å². The molecule has 0 unspecified atom stereocenters. The number of primary amides is 1. The van der Waals surface area contributed by atoms with E-state index in [9.17, 15) is 4.79 Å². The molecule has 20 heavy (non-hydrogen) atoms. The maximum Gasteiger partial charge on any atom is 0.319 e. The fourth-order valence-corrected chi connectivity index (χ4v) is 2.38. The molecule has 0 bridgehead atoms. The summed E-state index contributed by atoms with van der Waals surface area (Å²) in [7, 11) is 0. The molecule has 0 saturated heterocycles. The maximum absolute atomic E-state index is 11.5. The summed E-state index contributed by atoms with van der Waals surface area (Å²) in [6, 6.07) is 9.29. The van der Waals surface area contributed by atoms with Crippen LogP contribution in [0.3, 0.4) is 0 Å². The summed E-state index contributed by atoms with van der Waals surface area (Å²) in [6.45, 7) is 2.95. The monoisotopic (exact) mass is 276 g/mol. The van der Waals surface area contributed by atoms with Crippen LogP contribution < -0.4 is 10.6 Å². The number of rotatable bonds is 10. The molecule has 3 heteroatoms. The molecule has 0 saturated carbocycles. The number of carbonyl (C=O) groups is 1. The van der Waals surface area contributed by atoms with Gasteiger partial charge < -0.3 is 5.73 Å². The van der Waals surface area contributed by atoms with Crippen LogP contribution >= 0.6 is 0 Å². The number of carbonyl (C=O) groups excluding carboxylic acids is 1. The van der Waals surface area contributed by atoms with Crippen molar-refractivity contribution in [1.29, 1.82) is 0 Å². The Morgan fingerprint density at radius 3 is 2.05 bits per heavy atom. The number of unbranched alkanes of at least 4 members (excludes halogenated alkanes) is 7. The molecule has 2 amide bonds. The summed E-state index contributed by atoms with van der Waals surface area (Å²) in [6.07, 6.45) is 10.1. The van der Waals surface area contributed by atoms with Crippen molar-refractivity contribution in [3.05, 3.63) is 30.3 Å². The summed E-state index contributed by atoms with van der Waals surface area (Å²) >= 11 is 0. The van der Waals surface area contributed by atoms with Gasteiger partial charge in [0.1, 0.15) is 0 Å². The lowest BCUT2D eigenvalue weighted by atomic mass is 10.1. The molecule has 0 atom stereocenters. The van der Waals surface area contributed by atoms with Crippen LogP contribution in [0, 0.1) is 0 Å². The van der Waals surface area contributed by atoms with E-state index in [-0.39, 0.29) is 6.03 Å². The summed E-state index contributed by atoms with van der Waals surface area (Å²) in [5.41, 5.74) is 6.34. The van der Waals surface area contributed by atoms with Crippen molar-refractivity contribution in [2.75, 3.05) is 11.4 Å². The molecule has 0 radical (unpaired) electrons. The lowest BCUT2D eigenvalue weighted by Crippen LogP contribution is -2.36. The Balaban J connectivity index is 2.19. The van der Waals surface area contributed by atoms with Crippen molar-refractivity contribution < 1.29 is 4.79 Å². The van der Waals surface area contributed by atoms with Gasteiger partial charge >= 0.3 is 6.03 Å². The van der Waals surface area contributed by atoms with Crippen molar-refractivity contribution >= 4 is 11.7 Å². The van der Waals surface area contributed by atoms with E-state index in [1.165, 1.54) is 44.9 Å². The molecule has 0 aliphatic rings. The van der Waals surface area contributed by atoms with Gasteiger partial charge in [0.15, 0.2) is 0 Å². The smallest absolute Gasteiger partial charge is 0.319 e. The van der Waals surface area contributed by atoms with Crippen LogP contribution in [0.4, 0.5) is 10.5 Å². The highest BCUT2D eigenvalue weighted by Gasteiger charge is 2.10. The molecule has 3 nitrogen and oxygen atoms in total. The Hall–Kier alpha value is -1.51. The Kier molecular flexibility index (Phi) is 8.52. The molecule has 112 valence electrons. The van der Waals surface area contributed by atoms with Crippen LogP contribution in [0.25, 0.3) is 0 Å². The second-order valence-corrected chi connectivity index (χ2v) is 5.30. The van der Waals surface area contributed by atoms with Gasteiger partial charge in [0.2, 0.25) is 0 Å². The van der Waals surface area contributed by atoms with Crippen LogP contribution in [0.5, 0.6) is 0 Å². The molecule has 0 spiro atoms. The van der Waals surface area contributed by atoms with Gasteiger partial charge in [-0.05, 0) is 18.6 Å². The first-order valence-corrected chi connectivity index (χ1v) is 7.87. The molecule has 0 aliphatic carbocycles. The van der Waals surface area contributed by atoms with Crippen molar-refractivity contribution in [3.8, 4) is 0 Å². The van der Waals surface area contributed by atoms with Gasteiger partial charge in [0.25, 0.3) is 0 Å². The van der Waals surface area contributed by atoms with Gasteiger partial charge in [0.05, 0.1) is 0 Å². The number of benzene rings is 1. The normalized spacial score (nSPS) is 10.4. The van der Waals surface area contributed by atoms with E-state index in [1.807, 2.05) is 30.3 Å². The van der Waals surface area contributed by atoms with E-state index in [0.29, 0.717) is 6.54 Å². The molecular formula is C17H28N2O. The van der Waals surface area contributed by atoms with Crippen LogP contribution in [0.15, 0.2) is 30.3 Å². The standard InChI is InChI=1S/C17H28N2O/c1-2-3-4-5-6-7-8-12-15-19(17(18)20)16-13-10-9-11-14-16/h9-11,13-14H,2-8,12,15H2,1H3,(H2,18,20). The third kappa shape index (κ3) is 6.60. The molecule has 0 heterocycles. The van der Waals surface area contributed by atoms with Crippen molar-refractivity contribution in [3.63, 3.8) is 0 Å². The van der Waals surface area contributed by atoms with E-state index < -0.39 is 0 Å². The van der Waals surface area contributed by atoms with Gasteiger partial charge in [-0.25, -0.2) is 4.79 Å². The minimum absolute atomic E-state index is 0.362. The highest BCUT2D eigenvalue weighted by Crippen LogP contribution is 2.15. The molecule has 1 aromatic carbocycles. The second-order valence-electron chi connectivity index (χ2n) is 5.30. The SMILES string of the molecule is CCCCCCCCCCN(C(N)=O)c1ccccc1. The van der Waals surface area contributed by atoms with Crippen LogP contribution in [0.1, 0.15) is 58.3 Å². The van der Waals surface area contributed by atoms with Crippen molar-refractivity contribution in [2.24, 2.45) is 5.73 Å². The zero-order valence-electron chi connectivity index (χ0n) is 12.7. The van der Waals surface area contributed by atoms with E-state index in [2.05, 4.69) is 6.92 Å². The zero-order valence-corrected chi connectivity index (χ0v) is 12.7. The van der Waals surface area contributed by atoms with E-state index in [4.69, 9.17) is 5.73 Å². The molecule has 2 N–H and O–H groups in total. The van der Waals surface area contributed by atoms with Gasteiger partial charge in [-0.1, -0.05) is 70.1 Å². The fourth-order valence-electron chi connectivity index (χ4n) is 2.38. The van der Waals surface area contributed by atoms with E-state index >= 15 is 0 Å². The molecule has 1 aromatic rings. The van der Waals surface area contributed by atoms with Crippen LogP contribution in [0.2, 0.25) is 0 Å². The number of nitrogens with two attached hydrogens (primary N) is 1. The predicted octanol–water partition coefficient (Wildman–Crippen LogP) is 4.71. The van der Waals surface area contributed by atoms with E-state index in [1.54, 1.807) is 4.90 Å². The van der Waals surface area contributed by atoms with Gasteiger partial charge in [0, 0.05) is 12.2 Å². The quantitative estimate of drug-likeness (QED) is 0.618. The third-order valence-corrected chi connectivity index (χ3v) is 3.57. The fraction of sp³-hybridized carbons (Fsp3) is 0.588. The van der Waals surface area contributed by atoms with Gasteiger partial charge in [-0.3, -0.25) is 4.90 Å². The molecule has 0 aliphatic heterocycles. The number of hydrogen-bond acceptors (Lipinski definition) is 1. The second kappa shape index (κ2) is 10.3. The largest absolute Gasteiger partial charge is 0.351 e. The average molecular weight is 276 g/mol. The first kappa shape index (κ1) is 16.5. The average Bonchev–Trinajstić information content (AvgIpc) is 2.46. The third-order valence-electron chi connectivity index (χ3n) is 3.57. The first-order chi connectivity index (χ1) is 9.75. The molecule has 0 aromatic heterocycles. The number of nitrogens with zero attached hydrogens (tertiary/aromatic N) is 1. The summed E-state index contributed by atoms with van der Waals surface area (Å²) in [5.74, 6) is 0.